The van der Waals surface area contributed by atoms with Gasteiger partial charge >= 0.3 is 11.7 Å². The van der Waals surface area contributed by atoms with Gasteiger partial charge < -0.3 is 4.74 Å². The molecule has 8 nitrogen and oxygen atoms in total. The minimum absolute atomic E-state index is 0.0497. The number of hydrogen-bond acceptors (Lipinski definition) is 6. The van der Waals surface area contributed by atoms with Gasteiger partial charge in [-0.3, -0.25) is 0 Å². The second kappa shape index (κ2) is 5.57. The number of esters is 1. The molecule has 3 rings (SSSR count). The summed E-state index contributed by atoms with van der Waals surface area (Å²) in [6, 6.07) is 6.50. The maximum Gasteiger partial charge on any atom is 0.373 e. The van der Waals surface area contributed by atoms with Gasteiger partial charge in [0.1, 0.15) is 5.56 Å². The summed E-state index contributed by atoms with van der Waals surface area (Å²) in [4.78, 5) is 24.1. The lowest BCUT2D eigenvalue weighted by atomic mass is 10.3. The molecule has 0 N–H and O–H groups in total. The molecule has 0 aliphatic heterocycles. The van der Waals surface area contributed by atoms with Gasteiger partial charge in [-0.2, -0.15) is 14.3 Å². The van der Waals surface area contributed by atoms with Crippen LogP contribution in [0.4, 0.5) is 0 Å². The van der Waals surface area contributed by atoms with Crippen LogP contribution in [-0.2, 0) is 4.74 Å². The molecule has 22 heavy (non-hydrogen) atoms. The zero-order valence-corrected chi connectivity index (χ0v) is 12.2. The number of carbonyl (C=O) groups excluding carboxylic acids is 1. The minimum atomic E-state index is -0.601. The van der Waals surface area contributed by atoms with E-state index >= 15 is 0 Å². The zero-order valence-electron chi connectivity index (χ0n) is 11.4. The van der Waals surface area contributed by atoms with Crippen LogP contribution in [0, 0.1) is 0 Å². The van der Waals surface area contributed by atoms with E-state index in [1.807, 2.05) is 0 Å². The predicted octanol–water partition coefficient (Wildman–Crippen LogP) is 1.11. The lowest BCUT2D eigenvalue weighted by Crippen LogP contribution is -2.29. The van der Waals surface area contributed by atoms with Crippen molar-refractivity contribution in [3.63, 3.8) is 0 Å². The lowest BCUT2D eigenvalue weighted by molar-refractivity contribution is 0.0528. The molecule has 0 unspecified atom stereocenters. The molecule has 0 saturated heterocycles. The number of hydrogen-bond donors (Lipinski definition) is 0. The highest BCUT2D eigenvalue weighted by molar-refractivity contribution is 6.30. The second-order valence-corrected chi connectivity index (χ2v) is 4.71. The van der Waals surface area contributed by atoms with E-state index in [4.69, 9.17) is 16.3 Å². The third-order valence-corrected chi connectivity index (χ3v) is 3.15. The second-order valence-electron chi connectivity index (χ2n) is 4.27. The van der Waals surface area contributed by atoms with Crippen LogP contribution in [-0.4, -0.2) is 37.2 Å². The van der Waals surface area contributed by atoms with E-state index in [0.29, 0.717) is 10.7 Å². The molecule has 0 fully saturated rings. The van der Waals surface area contributed by atoms with Gasteiger partial charge in [0.05, 0.1) is 18.5 Å². The van der Waals surface area contributed by atoms with Crippen LogP contribution in [0.5, 0.6) is 0 Å². The maximum atomic E-state index is 12.4. The molecule has 2 aromatic heterocycles. The molecule has 112 valence electrons. The van der Waals surface area contributed by atoms with E-state index in [0.717, 1.165) is 9.20 Å². The van der Waals surface area contributed by atoms with Gasteiger partial charge in [0.15, 0.2) is 5.65 Å². The summed E-state index contributed by atoms with van der Waals surface area (Å²) in [5, 5.41) is 12.1. The van der Waals surface area contributed by atoms with Crippen LogP contribution < -0.4 is 5.69 Å². The van der Waals surface area contributed by atoms with E-state index in [-0.39, 0.29) is 17.8 Å². The largest absolute Gasteiger partial charge is 0.462 e. The van der Waals surface area contributed by atoms with Crippen LogP contribution >= 0.6 is 11.6 Å². The van der Waals surface area contributed by atoms with Gasteiger partial charge in [0.25, 0.3) is 0 Å². The molecular weight excluding hydrogens is 310 g/mol. The number of aromatic nitrogens is 5. The van der Waals surface area contributed by atoms with Crippen molar-refractivity contribution in [2.24, 2.45) is 0 Å². The summed E-state index contributed by atoms with van der Waals surface area (Å²) in [6.07, 6.45) is 1.23. The van der Waals surface area contributed by atoms with Crippen molar-refractivity contribution in [1.29, 1.82) is 0 Å². The van der Waals surface area contributed by atoms with Gasteiger partial charge in [-0.05, 0) is 31.2 Å². The SMILES string of the molecule is CCOC(=O)c1cnn2c(=O)n(-c3ccc(Cl)cc3)nnc12. The van der Waals surface area contributed by atoms with Crippen molar-refractivity contribution < 1.29 is 9.53 Å². The van der Waals surface area contributed by atoms with Crippen molar-refractivity contribution in [1.82, 2.24) is 24.6 Å². The summed E-state index contributed by atoms with van der Waals surface area (Å²) >= 11 is 5.81. The summed E-state index contributed by atoms with van der Waals surface area (Å²) < 4.78 is 6.93. The summed E-state index contributed by atoms with van der Waals surface area (Å²) in [5.74, 6) is -0.601. The Kier molecular flexibility index (Phi) is 3.60. The van der Waals surface area contributed by atoms with E-state index in [9.17, 15) is 9.59 Å². The highest BCUT2D eigenvalue weighted by atomic mass is 35.5. The monoisotopic (exact) mass is 319 g/mol. The molecule has 0 spiro atoms. The Hall–Kier alpha value is -2.74. The standard InChI is InChI=1S/C13H10ClN5O3/c1-2-22-12(20)10-7-15-19-11(10)16-17-18(13(19)21)9-5-3-8(14)4-6-9/h3-7H,2H2,1H3. The first-order chi connectivity index (χ1) is 10.6. The molecule has 1 aromatic carbocycles. The molecule has 0 atom stereocenters. The van der Waals surface area contributed by atoms with Crippen molar-refractivity contribution in [3.8, 4) is 5.69 Å². The molecule has 0 aliphatic rings. The van der Waals surface area contributed by atoms with Gasteiger partial charge in [-0.15, -0.1) is 5.10 Å². The third-order valence-electron chi connectivity index (χ3n) is 2.90. The number of carbonyl (C=O) groups is 1. The Labute approximate surface area is 128 Å². The topological polar surface area (TPSA) is 91.4 Å². The molecule has 2 heterocycles. The number of ether oxygens (including phenoxy) is 1. The Morgan fingerprint density at radius 1 is 1.32 bits per heavy atom. The Morgan fingerprint density at radius 2 is 2.05 bits per heavy atom. The number of rotatable bonds is 3. The first kappa shape index (κ1) is 14.2. The number of benzene rings is 1. The molecule has 3 aromatic rings. The molecule has 0 bridgehead atoms. The average Bonchev–Trinajstić information content (AvgIpc) is 2.94. The minimum Gasteiger partial charge on any atom is -0.462 e. The molecule has 0 aliphatic carbocycles. The van der Waals surface area contributed by atoms with Gasteiger partial charge in [-0.1, -0.05) is 16.8 Å². The van der Waals surface area contributed by atoms with Gasteiger partial charge in [0.2, 0.25) is 0 Å². The first-order valence-electron chi connectivity index (χ1n) is 6.38. The normalized spacial score (nSPS) is 10.8. The highest BCUT2D eigenvalue weighted by Gasteiger charge is 2.18. The molecule has 0 amide bonds. The fraction of sp³-hybridized carbons (Fsp3) is 0.154. The van der Waals surface area contributed by atoms with Crippen molar-refractivity contribution in [2.75, 3.05) is 6.61 Å². The maximum absolute atomic E-state index is 12.4. The Morgan fingerprint density at radius 3 is 2.73 bits per heavy atom. The highest BCUT2D eigenvalue weighted by Crippen LogP contribution is 2.11. The van der Waals surface area contributed by atoms with E-state index in [1.165, 1.54) is 6.20 Å². The Bertz CT molecular complexity index is 900. The van der Waals surface area contributed by atoms with E-state index in [2.05, 4.69) is 15.4 Å². The summed E-state index contributed by atoms with van der Waals surface area (Å²) in [5.41, 5.74) is 0.0724. The molecule has 9 heteroatoms. The average molecular weight is 320 g/mol. The van der Waals surface area contributed by atoms with Crippen molar-refractivity contribution in [2.45, 2.75) is 6.92 Å². The van der Waals surface area contributed by atoms with Gasteiger partial charge in [0, 0.05) is 5.02 Å². The first-order valence-corrected chi connectivity index (χ1v) is 6.76. The summed E-state index contributed by atoms with van der Waals surface area (Å²) in [6.45, 7) is 1.90. The van der Waals surface area contributed by atoms with Crippen LogP contribution in [0.3, 0.4) is 0 Å². The smallest absolute Gasteiger partial charge is 0.373 e. The molecule has 0 radical (unpaired) electrons. The molecular formula is C13H10ClN5O3. The zero-order chi connectivity index (χ0) is 15.7. The van der Waals surface area contributed by atoms with Crippen LogP contribution in [0.15, 0.2) is 35.3 Å². The molecule has 0 saturated carbocycles. The van der Waals surface area contributed by atoms with Crippen LogP contribution in [0.2, 0.25) is 5.02 Å². The number of nitrogens with zero attached hydrogens (tertiary/aromatic N) is 5. The van der Waals surface area contributed by atoms with E-state index < -0.39 is 11.7 Å². The van der Waals surface area contributed by atoms with Gasteiger partial charge in [-0.25, -0.2) is 9.59 Å². The van der Waals surface area contributed by atoms with Crippen molar-refractivity contribution in [3.05, 3.63) is 51.5 Å². The quantitative estimate of drug-likeness (QED) is 0.671. The summed E-state index contributed by atoms with van der Waals surface area (Å²) in [7, 11) is 0. The number of halogens is 1. The van der Waals surface area contributed by atoms with Crippen molar-refractivity contribution >= 4 is 23.2 Å². The van der Waals surface area contributed by atoms with Crippen LogP contribution in [0.1, 0.15) is 17.3 Å². The lowest BCUT2D eigenvalue weighted by Gasteiger charge is -2.03. The third kappa shape index (κ3) is 2.33. The predicted molar refractivity (Wildman–Crippen MR) is 77.3 cm³/mol. The Balaban J connectivity index is 2.13. The fourth-order valence-electron chi connectivity index (χ4n) is 1.89. The number of fused-ring (bicyclic) bond motifs is 1. The fourth-order valence-corrected chi connectivity index (χ4v) is 2.02. The van der Waals surface area contributed by atoms with Crippen LogP contribution in [0.25, 0.3) is 11.3 Å². The van der Waals surface area contributed by atoms with E-state index in [1.54, 1.807) is 31.2 Å².